The molecule has 0 spiro atoms. The lowest BCUT2D eigenvalue weighted by Gasteiger charge is -2.28. The summed E-state index contributed by atoms with van der Waals surface area (Å²) in [5, 5.41) is 0. The Labute approximate surface area is 105 Å². The van der Waals surface area contributed by atoms with Crippen molar-refractivity contribution in [2.45, 2.75) is 37.9 Å². The zero-order valence-corrected chi connectivity index (χ0v) is 10.7. The average molecular weight is 289 g/mol. The van der Waals surface area contributed by atoms with Gasteiger partial charge in [-0.1, -0.05) is 12.8 Å². The van der Waals surface area contributed by atoms with Gasteiger partial charge in [-0.3, -0.25) is 0 Å². The Morgan fingerprint density at radius 2 is 1.94 bits per heavy atom. The molecule has 0 aliphatic carbocycles. The van der Waals surface area contributed by atoms with Crippen LogP contribution in [0.1, 0.15) is 25.7 Å². The van der Waals surface area contributed by atoms with E-state index in [-0.39, 0.29) is 13.1 Å². The first kappa shape index (κ1) is 15.7. The number of nitrogens with zero attached hydrogens (tertiary/aromatic N) is 1. The molecule has 0 radical (unpaired) electrons. The van der Waals surface area contributed by atoms with Crippen LogP contribution in [0, 0.1) is 0 Å². The lowest BCUT2D eigenvalue weighted by atomic mass is 10.1. The van der Waals surface area contributed by atoms with Crippen LogP contribution in [0.15, 0.2) is 0 Å². The number of halogens is 3. The van der Waals surface area contributed by atoms with Gasteiger partial charge in [0.25, 0.3) is 10.2 Å². The maximum atomic E-state index is 12.0. The molecule has 18 heavy (non-hydrogen) atoms. The minimum absolute atomic E-state index is 0.118. The summed E-state index contributed by atoms with van der Waals surface area (Å²) in [5.74, 6) is 0. The van der Waals surface area contributed by atoms with Crippen molar-refractivity contribution in [1.82, 2.24) is 9.03 Å². The summed E-state index contributed by atoms with van der Waals surface area (Å²) in [7, 11) is -4.12. The van der Waals surface area contributed by atoms with Gasteiger partial charge in [0.1, 0.15) is 6.54 Å². The third-order valence-corrected chi connectivity index (χ3v) is 4.47. The second kappa shape index (κ2) is 6.18. The van der Waals surface area contributed by atoms with Crippen LogP contribution in [0.3, 0.4) is 0 Å². The van der Waals surface area contributed by atoms with Crippen LogP contribution in [0.25, 0.3) is 0 Å². The van der Waals surface area contributed by atoms with Crippen molar-refractivity contribution in [2.75, 3.05) is 19.6 Å². The maximum Gasteiger partial charge on any atom is 0.402 e. The second-order valence-electron chi connectivity index (χ2n) is 4.29. The van der Waals surface area contributed by atoms with Crippen LogP contribution in [0.2, 0.25) is 0 Å². The minimum atomic E-state index is -4.56. The lowest BCUT2D eigenvalue weighted by molar-refractivity contribution is -0.121. The largest absolute Gasteiger partial charge is 0.402 e. The number of hydrogen-bond acceptors (Lipinski definition) is 3. The molecule has 1 rings (SSSR count). The fourth-order valence-corrected chi connectivity index (χ4v) is 3.42. The van der Waals surface area contributed by atoms with E-state index >= 15 is 0 Å². The van der Waals surface area contributed by atoms with Crippen molar-refractivity contribution in [3.8, 4) is 0 Å². The molecular formula is C9H18F3N3O2S. The molecule has 5 nitrogen and oxygen atoms in total. The summed E-state index contributed by atoms with van der Waals surface area (Å²) < 4.78 is 62.4. The molecule has 1 saturated heterocycles. The van der Waals surface area contributed by atoms with E-state index in [9.17, 15) is 21.6 Å². The predicted molar refractivity (Wildman–Crippen MR) is 61.0 cm³/mol. The highest BCUT2D eigenvalue weighted by molar-refractivity contribution is 7.87. The number of nitrogens with two attached hydrogens (primary N) is 1. The topological polar surface area (TPSA) is 75.4 Å². The first-order valence-corrected chi connectivity index (χ1v) is 7.23. The Kier molecular flexibility index (Phi) is 5.38. The van der Waals surface area contributed by atoms with Crippen LogP contribution in [0.5, 0.6) is 0 Å². The summed E-state index contributed by atoms with van der Waals surface area (Å²) in [5.41, 5.74) is 5.49. The number of nitrogens with one attached hydrogen (secondary N) is 1. The van der Waals surface area contributed by atoms with Crippen molar-refractivity contribution in [2.24, 2.45) is 5.73 Å². The van der Waals surface area contributed by atoms with Gasteiger partial charge in [0.15, 0.2) is 0 Å². The van der Waals surface area contributed by atoms with Gasteiger partial charge in [-0.05, 0) is 12.8 Å². The Bertz CT molecular complexity index is 359. The molecule has 0 aromatic heterocycles. The third kappa shape index (κ3) is 4.71. The van der Waals surface area contributed by atoms with Crippen molar-refractivity contribution in [3.63, 3.8) is 0 Å². The van der Waals surface area contributed by atoms with E-state index in [0.29, 0.717) is 12.8 Å². The van der Waals surface area contributed by atoms with E-state index in [1.807, 2.05) is 0 Å². The fraction of sp³-hybridized carbons (Fsp3) is 1.00. The zero-order chi connectivity index (χ0) is 13.8. The van der Waals surface area contributed by atoms with Crippen LogP contribution >= 0.6 is 0 Å². The van der Waals surface area contributed by atoms with Gasteiger partial charge in [-0.2, -0.15) is 30.6 Å². The van der Waals surface area contributed by atoms with E-state index in [1.54, 1.807) is 4.72 Å². The average Bonchev–Trinajstić information content (AvgIpc) is 2.50. The monoisotopic (exact) mass is 289 g/mol. The molecule has 1 atom stereocenters. The third-order valence-electron chi connectivity index (χ3n) is 2.86. The first-order chi connectivity index (χ1) is 8.26. The Morgan fingerprint density at radius 1 is 1.28 bits per heavy atom. The first-order valence-electron chi connectivity index (χ1n) is 5.79. The molecule has 1 heterocycles. The normalized spacial score (nSPS) is 23.9. The maximum absolute atomic E-state index is 12.0. The summed E-state index contributed by atoms with van der Waals surface area (Å²) >= 11 is 0. The summed E-state index contributed by atoms with van der Waals surface area (Å²) in [4.78, 5) is 0. The van der Waals surface area contributed by atoms with Crippen molar-refractivity contribution < 1.29 is 21.6 Å². The molecule has 1 aliphatic heterocycles. The van der Waals surface area contributed by atoms with Crippen LogP contribution < -0.4 is 10.5 Å². The Morgan fingerprint density at radius 3 is 2.50 bits per heavy atom. The predicted octanol–water partition coefficient (Wildman–Crippen LogP) is 0.586. The standard InChI is InChI=1S/C9H18F3N3O2S/c10-9(11,12)7-14-18(16,17)15-5-3-1-2-4-8(15)6-13/h8,14H,1-7,13H2. The van der Waals surface area contributed by atoms with Crippen LogP contribution in [-0.4, -0.2) is 44.6 Å². The van der Waals surface area contributed by atoms with Gasteiger partial charge in [-0.25, -0.2) is 0 Å². The lowest BCUT2D eigenvalue weighted by Crippen LogP contribution is -2.50. The molecule has 0 saturated carbocycles. The van der Waals surface area contributed by atoms with E-state index < -0.39 is 29.0 Å². The molecule has 1 aliphatic rings. The smallest absolute Gasteiger partial charge is 0.329 e. The molecule has 0 aromatic rings. The summed E-state index contributed by atoms with van der Waals surface area (Å²) in [6.45, 7) is -1.22. The molecular weight excluding hydrogens is 271 g/mol. The van der Waals surface area contributed by atoms with Gasteiger partial charge in [-0.15, -0.1) is 0 Å². The number of rotatable bonds is 4. The van der Waals surface area contributed by atoms with Crippen LogP contribution in [0.4, 0.5) is 13.2 Å². The van der Waals surface area contributed by atoms with E-state index in [0.717, 1.165) is 17.1 Å². The van der Waals surface area contributed by atoms with Gasteiger partial charge in [0.05, 0.1) is 0 Å². The van der Waals surface area contributed by atoms with E-state index in [4.69, 9.17) is 5.73 Å². The molecule has 0 amide bonds. The Hall–Kier alpha value is -0.380. The van der Waals surface area contributed by atoms with Gasteiger partial charge < -0.3 is 5.73 Å². The van der Waals surface area contributed by atoms with Gasteiger partial charge >= 0.3 is 6.18 Å². The van der Waals surface area contributed by atoms with Crippen LogP contribution in [-0.2, 0) is 10.2 Å². The highest BCUT2D eigenvalue weighted by atomic mass is 32.2. The SMILES string of the molecule is NCC1CCCCCN1S(=O)(=O)NCC(F)(F)F. The summed E-state index contributed by atoms with van der Waals surface area (Å²) in [6.07, 6.45) is -1.63. The van der Waals surface area contributed by atoms with Gasteiger partial charge in [0.2, 0.25) is 0 Å². The molecule has 0 aromatic carbocycles. The molecule has 1 unspecified atom stereocenters. The molecule has 108 valence electrons. The van der Waals surface area contributed by atoms with E-state index in [2.05, 4.69) is 0 Å². The highest BCUT2D eigenvalue weighted by Crippen LogP contribution is 2.20. The van der Waals surface area contributed by atoms with Crippen molar-refractivity contribution in [1.29, 1.82) is 0 Å². The minimum Gasteiger partial charge on any atom is -0.329 e. The molecule has 3 N–H and O–H groups in total. The summed E-state index contributed by atoms with van der Waals surface area (Å²) in [6, 6.07) is -0.418. The van der Waals surface area contributed by atoms with Crippen molar-refractivity contribution >= 4 is 10.2 Å². The molecule has 9 heteroatoms. The fourth-order valence-electron chi connectivity index (χ4n) is 1.96. The van der Waals surface area contributed by atoms with E-state index in [1.165, 1.54) is 0 Å². The number of hydrogen-bond donors (Lipinski definition) is 2. The van der Waals surface area contributed by atoms with Gasteiger partial charge in [0, 0.05) is 19.1 Å². The quantitative estimate of drug-likeness (QED) is 0.795. The highest BCUT2D eigenvalue weighted by Gasteiger charge is 2.34. The Balaban J connectivity index is 2.74. The number of alkyl halides is 3. The molecule has 0 bridgehead atoms. The molecule has 1 fully saturated rings. The van der Waals surface area contributed by atoms with Crippen molar-refractivity contribution in [3.05, 3.63) is 0 Å². The zero-order valence-electron chi connectivity index (χ0n) is 9.91. The second-order valence-corrected chi connectivity index (χ2v) is 6.00.